The molecule has 6 nitrogen and oxygen atoms in total. The van der Waals surface area contributed by atoms with E-state index in [4.69, 9.17) is 0 Å². The number of fused-ring (bicyclic) bond motifs is 2. The molecular formula is C21H15N5O. The van der Waals surface area contributed by atoms with Gasteiger partial charge in [0.1, 0.15) is 11.2 Å². The average Bonchev–Trinajstić information content (AvgIpc) is 3.32. The third kappa shape index (κ3) is 2.64. The van der Waals surface area contributed by atoms with Crippen LogP contribution < -0.4 is 5.32 Å². The van der Waals surface area contributed by atoms with E-state index in [0.717, 1.165) is 27.8 Å². The summed E-state index contributed by atoms with van der Waals surface area (Å²) in [4.78, 5) is 20.7. The number of H-pyrrole nitrogens is 2. The molecule has 0 saturated heterocycles. The lowest BCUT2D eigenvalue weighted by atomic mass is 10.1. The molecule has 3 aromatic carbocycles. The molecule has 0 radical (unpaired) electrons. The molecule has 27 heavy (non-hydrogen) atoms. The Balaban J connectivity index is 1.58. The summed E-state index contributed by atoms with van der Waals surface area (Å²) in [6.45, 7) is 0. The van der Waals surface area contributed by atoms with Crippen LogP contribution in [0.5, 0.6) is 0 Å². The number of rotatable bonds is 3. The maximum atomic E-state index is 12.7. The van der Waals surface area contributed by atoms with Crippen LogP contribution in [0.3, 0.4) is 0 Å². The van der Waals surface area contributed by atoms with Gasteiger partial charge in [0.15, 0.2) is 5.82 Å². The molecule has 0 unspecified atom stereocenters. The number of anilines is 1. The second kappa shape index (κ2) is 6.10. The standard InChI is InChI=1S/C21H15N5O/c27-21(22-13-7-2-1-3-8-13)15-10-6-12-17-18(15)24-20(23-17)19-14-9-4-5-11-16(14)25-26-19/h1-12H,(H,22,27)(H,23,24)(H,25,26). The summed E-state index contributed by atoms with van der Waals surface area (Å²) in [6, 6.07) is 22.8. The zero-order valence-corrected chi connectivity index (χ0v) is 14.2. The Morgan fingerprint density at radius 3 is 2.52 bits per heavy atom. The second-order valence-corrected chi connectivity index (χ2v) is 6.23. The Morgan fingerprint density at radius 2 is 1.63 bits per heavy atom. The first-order chi connectivity index (χ1) is 13.3. The lowest BCUT2D eigenvalue weighted by Gasteiger charge is -2.05. The topological polar surface area (TPSA) is 86.5 Å². The summed E-state index contributed by atoms with van der Waals surface area (Å²) in [5.41, 5.74) is 4.34. The fourth-order valence-corrected chi connectivity index (χ4v) is 3.19. The number of benzene rings is 3. The van der Waals surface area contributed by atoms with E-state index in [1.54, 1.807) is 6.07 Å². The van der Waals surface area contributed by atoms with Crippen LogP contribution in [0.4, 0.5) is 5.69 Å². The smallest absolute Gasteiger partial charge is 0.257 e. The molecule has 2 heterocycles. The van der Waals surface area contributed by atoms with Crippen molar-refractivity contribution in [2.45, 2.75) is 0 Å². The fraction of sp³-hybridized carbons (Fsp3) is 0. The summed E-state index contributed by atoms with van der Waals surface area (Å²) in [7, 11) is 0. The van der Waals surface area contributed by atoms with E-state index in [1.807, 2.05) is 66.7 Å². The van der Waals surface area contributed by atoms with Crippen molar-refractivity contribution in [1.82, 2.24) is 20.2 Å². The summed E-state index contributed by atoms with van der Waals surface area (Å²) < 4.78 is 0. The fourth-order valence-electron chi connectivity index (χ4n) is 3.19. The van der Waals surface area contributed by atoms with Crippen molar-refractivity contribution in [2.75, 3.05) is 5.32 Å². The van der Waals surface area contributed by atoms with Crippen molar-refractivity contribution < 1.29 is 4.79 Å². The number of carbonyl (C=O) groups excluding carboxylic acids is 1. The van der Waals surface area contributed by atoms with Gasteiger partial charge in [-0.05, 0) is 30.3 Å². The summed E-state index contributed by atoms with van der Waals surface area (Å²) in [5, 5.41) is 11.3. The van der Waals surface area contributed by atoms with E-state index in [9.17, 15) is 4.79 Å². The van der Waals surface area contributed by atoms with Crippen molar-refractivity contribution in [1.29, 1.82) is 0 Å². The summed E-state index contributed by atoms with van der Waals surface area (Å²) in [5.74, 6) is 0.430. The first-order valence-corrected chi connectivity index (χ1v) is 8.58. The highest BCUT2D eigenvalue weighted by Crippen LogP contribution is 2.27. The number of aromatic amines is 2. The minimum absolute atomic E-state index is 0.197. The SMILES string of the molecule is O=C(Nc1ccccc1)c1cccc2[nH]c(-c3n[nH]c4ccccc34)nc12. The highest BCUT2D eigenvalue weighted by molar-refractivity contribution is 6.12. The molecule has 0 bridgehead atoms. The molecule has 5 aromatic rings. The van der Waals surface area contributed by atoms with E-state index >= 15 is 0 Å². The number of imidazole rings is 1. The molecule has 0 aliphatic heterocycles. The molecule has 0 saturated carbocycles. The molecule has 0 aliphatic carbocycles. The van der Waals surface area contributed by atoms with Crippen LogP contribution in [0.25, 0.3) is 33.5 Å². The molecule has 6 heteroatoms. The van der Waals surface area contributed by atoms with Gasteiger partial charge in [0.2, 0.25) is 0 Å². The van der Waals surface area contributed by atoms with Gasteiger partial charge in [-0.2, -0.15) is 5.10 Å². The number of nitrogens with zero attached hydrogens (tertiary/aromatic N) is 2. The van der Waals surface area contributed by atoms with Gasteiger partial charge in [-0.15, -0.1) is 0 Å². The predicted octanol–water partition coefficient (Wildman–Crippen LogP) is 4.36. The lowest BCUT2D eigenvalue weighted by Crippen LogP contribution is -2.12. The van der Waals surface area contributed by atoms with Gasteiger partial charge >= 0.3 is 0 Å². The Labute approximate surface area is 154 Å². The van der Waals surface area contributed by atoms with Crippen molar-refractivity contribution in [3.8, 4) is 11.5 Å². The number of amides is 1. The second-order valence-electron chi connectivity index (χ2n) is 6.23. The molecule has 3 N–H and O–H groups in total. The minimum atomic E-state index is -0.197. The van der Waals surface area contributed by atoms with Crippen LogP contribution in [-0.2, 0) is 0 Å². The van der Waals surface area contributed by atoms with E-state index in [1.165, 1.54) is 0 Å². The van der Waals surface area contributed by atoms with Crippen LogP contribution in [0.2, 0.25) is 0 Å². The number of nitrogens with one attached hydrogen (secondary N) is 3. The molecule has 0 fully saturated rings. The zero-order valence-electron chi connectivity index (χ0n) is 14.2. The molecular weight excluding hydrogens is 338 g/mol. The van der Waals surface area contributed by atoms with Gasteiger partial charge in [-0.1, -0.05) is 42.5 Å². The van der Waals surface area contributed by atoms with Gasteiger partial charge < -0.3 is 10.3 Å². The highest BCUT2D eigenvalue weighted by atomic mass is 16.1. The van der Waals surface area contributed by atoms with Crippen LogP contribution in [0.1, 0.15) is 10.4 Å². The molecule has 0 spiro atoms. The highest BCUT2D eigenvalue weighted by Gasteiger charge is 2.17. The lowest BCUT2D eigenvalue weighted by molar-refractivity contribution is 0.102. The van der Waals surface area contributed by atoms with Gasteiger partial charge in [0, 0.05) is 11.1 Å². The maximum absolute atomic E-state index is 12.7. The molecule has 2 aromatic heterocycles. The number of hydrogen-bond acceptors (Lipinski definition) is 3. The van der Waals surface area contributed by atoms with Gasteiger partial charge in [-0.25, -0.2) is 4.98 Å². The van der Waals surface area contributed by atoms with Crippen molar-refractivity contribution >= 4 is 33.5 Å². The summed E-state index contributed by atoms with van der Waals surface area (Å²) >= 11 is 0. The van der Waals surface area contributed by atoms with E-state index in [2.05, 4.69) is 25.5 Å². The normalized spacial score (nSPS) is 11.1. The Hall–Kier alpha value is -3.93. The number of carbonyl (C=O) groups is 1. The third-order valence-corrected chi connectivity index (χ3v) is 4.48. The minimum Gasteiger partial charge on any atom is -0.337 e. The number of hydrogen-bond donors (Lipinski definition) is 3. The predicted molar refractivity (Wildman–Crippen MR) is 106 cm³/mol. The molecule has 0 atom stereocenters. The Kier molecular flexibility index (Phi) is 3.47. The van der Waals surface area contributed by atoms with Crippen LogP contribution in [0.15, 0.2) is 72.8 Å². The Morgan fingerprint density at radius 1 is 0.852 bits per heavy atom. The Bertz CT molecular complexity index is 1270. The average molecular weight is 353 g/mol. The molecule has 130 valence electrons. The largest absolute Gasteiger partial charge is 0.337 e. The van der Waals surface area contributed by atoms with E-state index in [0.29, 0.717) is 16.9 Å². The monoisotopic (exact) mass is 353 g/mol. The number of para-hydroxylation sites is 3. The third-order valence-electron chi connectivity index (χ3n) is 4.48. The van der Waals surface area contributed by atoms with Crippen molar-refractivity contribution in [3.05, 3.63) is 78.4 Å². The first-order valence-electron chi connectivity index (χ1n) is 8.58. The first kappa shape index (κ1) is 15.3. The molecule has 1 amide bonds. The quantitative estimate of drug-likeness (QED) is 0.450. The van der Waals surface area contributed by atoms with Crippen molar-refractivity contribution in [3.63, 3.8) is 0 Å². The van der Waals surface area contributed by atoms with Gasteiger partial charge in [-0.3, -0.25) is 9.89 Å². The zero-order chi connectivity index (χ0) is 18.2. The summed E-state index contributed by atoms with van der Waals surface area (Å²) in [6.07, 6.45) is 0. The van der Waals surface area contributed by atoms with Gasteiger partial charge in [0.25, 0.3) is 5.91 Å². The van der Waals surface area contributed by atoms with Gasteiger partial charge in [0.05, 0.1) is 16.6 Å². The van der Waals surface area contributed by atoms with Crippen LogP contribution in [-0.4, -0.2) is 26.1 Å². The van der Waals surface area contributed by atoms with E-state index in [-0.39, 0.29) is 5.91 Å². The van der Waals surface area contributed by atoms with E-state index < -0.39 is 0 Å². The molecule has 5 rings (SSSR count). The van der Waals surface area contributed by atoms with Crippen molar-refractivity contribution in [2.24, 2.45) is 0 Å². The van der Waals surface area contributed by atoms with Crippen LogP contribution in [0, 0.1) is 0 Å². The number of aromatic nitrogens is 4. The van der Waals surface area contributed by atoms with Crippen LogP contribution >= 0.6 is 0 Å². The maximum Gasteiger partial charge on any atom is 0.257 e. The molecule has 0 aliphatic rings.